The Labute approximate surface area is 107 Å². The minimum Gasteiger partial charge on any atom is -0.341 e. The van der Waals surface area contributed by atoms with Gasteiger partial charge in [-0.3, -0.25) is 10.1 Å². The highest BCUT2D eigenvalue weighted by Gasteiger charge is 2.27. The molecule has 104 valence electrons. The van der Waals surface area contributed by atoms with Gasteiger partial charge in [0, 0.05) is 13.1 Å². The van der Waals surface area contributed by atoms with Crippen LogP contribution in [0.3, 0.4) is 0 Å². The van der Waals surface area contributed by atoms with Gasteiger partial charge in [0.15, 0.2) is 9.84 Å². The second-order valence-corrected chi connectivity index (χ2v) is 6.64. The molecule has 0 spiro atoms. The van der Waals surface area contributed by atoms with Crippen LogP contribution in [0.25, 0.3) is 0 Å². The molecule has 18 heavy (non-hydrogen) atoms. The lowest BCUT2D eigenvalue weighted by molar-refractivity contribution is -0.121. The van der Waals surface area contributed by atoms with E-state index in [9.17, 15) is 18.0 Å². The summed E-state index contributed by atoms with van der Waals surface area (Å²) in [4.78, 5) is 22.5. The summed E-state index contributed by atoms with van der Waals surface area (Å²) in [7, 11) is -1.59. The third kappa shape index (κ3) is 4.61. The molecule has 1 rings (SSSR count). The minimum absolute atomic E-state index is 0.0462. The Morgan fingerprint density at radius 2 is 2.00 bits per heavy atom. The van der Waals surface area contributed by atoms with Gasteiger partial charge in [0.2, 0.25) is 5.91 Å². The Balaban J connectivity index is 2.46. The van der Waals surface area contributed by atoms with Crippen molar-refractivity contribution in [1.29, 1.82) is 0 Å². The van der Waals surface area contributed by atoms with E-state index in [2.05, 4.69) is 16.0 Å². The average Bonchev–Trinajstić information content (AvgIpc) is 2.27. The van der Waals surface area contributed by atoms with E-state index in [1.54, 1.807) is 6.92 Å². The molecule has 1 heterocycles. The van der Waals surface area contributed by atoms with Crippen LogP contribution in [0, 0.1) is 0 Å². The number of urea groups is 1. The number of sulfone groups is 1. The van der Waals surface area contributed by atoms with E-state index in [1.807, 2.05) is 0 Å². The highest BCUT2D eigenvalue weighted by molar-refractivity contribution is 7.91. The minimum atomic E-state index is -3.00. The maximum absolute atomic E-state index is 11.6. The second-order valence-electron chi connectivity index (χ2n) is 4.41. The molecule has 2 atom stereocenters. The van der Waals surface area contributed by atoms with E-state index >= 15 is 0 Å². The molecule has 1 aliphatic heterocycles. The summed E-state index contributed by atoms with van der Waals surface area (Å²) in [6.07, 6.45) is 1.32. The van der Waals surface area contributed by atoms with Crippen LogP contribution in [0.5, 0.6) is 0 Å². The van der Waals surface area contributed by atoms with Crippen molar-refractivity contribution in [1.82, 2.24) is 16.0 Å². The first-order valence-corrected chi connectivity index (χ1v) is 7.65. The number of carbonyl (C=O) groups excluding carboxylic acids is 2. The standard InChI is InChI=1S/C10H19N3O4S/c1-7(9(14)13-10(15)11-2)12-8-4-3-5-18(16,17)6-8/h7-8,12H,3-6H2,1-2H3,(H2,11,13,14,15). The number of imide groups is 1. The van der Waals surface area contributed by atoms with Crippen LogP contribution < -0.4 is 16.0 Å². The van der Waals surface area contributed by atoms with Crippen molar-refractivity contribution < 1.29 is 18.0 Å². The summed E-state index contributed by atoms with van der Waals surface area (Å²) in [6, 6.07) is -1.42. The van der Waals surface area contributed by atoms with Gasteiger partial charge in [-0.2, -0.15) is 0 Å². The van der Waals surface area contributed by atoms with Crippen LogP contribution in [0.4, 0.5) is 4.79 Å². The molecule has 1 aliphatic rings. The van der Waals surface area contributed by atoms with Crippen molar-refractivity contribution >= 4 is 21.8 Å². The Morgan fingerprint density at radius 3 is 2.56 bits per heavy atom. The Hall–Kier alpha value is -1.15. The van der Waals surface area contributed by atoms with Gasteiger partial charge in [-0.1, -0.05) is 0 Å². The summed E-state index contributed by atoms with van der Waals surface area (Å²) >= 11 is 0. The smallest absolute Gasteiger partial charge is 0.321 e. The molecular weight excluding hydrogens is 258 g/mol. The predicted octanol–water partition coefficient (Wildman–Crippen LogP) is -1.00. The van der Waals surface area contributed by atoms with Crippen molar-refractivity contribution in [3.63, 3.8) is 0 Å². The Bertz CT molecular complexity index is 421. The number of carbonyl (C=O) groups is 2. The summed E-state index contributed by atoms with van der Waals surface area (Å²) in [5, 5.41) is 7.34. The van der Waals surface area contributed by atoms with Gasteiger partial charge in [-0.05, 0) is 19.8 Å². The van der Waals surface area contributed by atoms with Crippen LogP contribution in [0.2, 0.25) is 0 Å². The van der Waals surface area contributed by atoms with E-state index in [1.165, 1.54) is 7.05 Å². The van der Waals surface area contributed by atoms with Gasteiger partial charge in [-0.15, -0.1) is 0 Å². The van der Waals surface area contributed by atoms with Crippen molar-refractivity contribution in [3.05, 3.63) is 0 Å². The molecule has 0 aliphatic carbocycles. The molecule has 0 radical (unpaired) electrons. The topological polar surface area (TPSA) is 104 Å². The van der Waals surface area contributed by atoms with Gasteiger partial charge < -0.3 is 10.6 Å². The summed E-state index contributed by atoms with van der Waals surface area (Å²) < 4.78 is 22.9. The lowest BCUT2D eigenvalue weighted by Gasteiger charge is -2.25. The van der Waals surface area contributed by atoms with Gasteiger partial charge in [0.05, 0.1) is 17.5 Å². The molecule has 0 bridgehead atoms. The van der Waals surface area contributed by atoms with Gasteiger partial charge in [-0.25, -0.2) is 13.2 Å². The van der Waals surface area contributed by atoms with Gasteiger partial charge >= 0.3 is 6.03 Å². The highest BCUT2D eigenvalue weighted by Crippen LogP contribution is 2.12. The zero-order chi connectivity index (χ0) is 13.8. The number of hydrogen-bond donors (Lipinski definition) is 3. The number of rotatable bonds is 3. The summed E-state index contributed by atoms with van der Waals surface area (Å²) in [5.74, 6) is -0.216. The number of hydrogen-bond acceptors (Lipinski definition) is 5. The fourth-order valence-corrected chi connectivity index (χ4v) is 3.52. The molecule has 1 fully saturated rings. The molecule has 1 saturated heterocycles. The van der Waals surface area contributed by atoms with Crippen LogP contribution in [-0.2, 0) is 14.6 Å². The molecular formula is C10H19N3O4S. The lowest BCUT2D eigenvalue weighted by atomic mass is 10.1. The van der Waals surface area contributed by atoms with E-state index < -0.39 is 27.8 Å². The maximum atomic E-state index is 11.6. The van der Waals surface area contributed by atoms with Crippen LogP contribution >= 0.6 is 0 Å². The van der Waals surface area contributed by atoms with Crippen molar-refractivity contribution in [2.45, 2.75) is 31.8 Å². The maximum Gasteiger partial charge on any atom is 0.321 e. The monoisotopic (exact) mass is 277 g/mol. The molecule has 0 aromatic rings. The first kappa shape index (κ1) is 14.9. The average molecular weight is 277 g/mol. The predicted molar refractivity (Wildman–Crippen MR) is 66.9 cm³/mol. The number of amides is 3. The molecule has 0 aromatic carbocycles. The molecule has 8 heteroatoms. The normalized spacial score (nSPS) is 24.0. The Kier molecular flexibility index (Phi) is 5.09. The quantitative estimate of drug-likeness (QED) is 0.613. The largest absolute Gasteiger partial charge is 0.341 e. The van der Waals surface area contributed by atoms with E-state index in [4.69, 9.17) is 0 Å². The van der Waals surface area contributed by atoms with E-state index in [0.717, 1.165) is 6.42 Å². The number of nitrogens with one attached hydrogen (secondary N) is 3. The fourth-order valence-electron chi connectivity index (χ4n) is 1.87. The molecule has 3 amide bonds. The second kappa shape index (κ2) is 6.14. The van der Waals surface area contributed by atoms with Gasteiger partial charge in [0.25, 0.3) is 0 Å². The molecule has 0 saturated carbocycles. The SMILES string of the molecule is CNC(=O)NC(=O)C(C)NC1CCCS(=O)(=O)C1. The fraction of sp³-hybridized carbons (Fsp3) is 0.800. The third-order valence-corrected chi connectivity index (χ3v) is 4.63. The first-order valence-electron chi connectivity index (χ1n) is 5.83. The van der Waals surface area contributed by atoms with Crippen molar-refractivity contribution in [3.8, 4) is 0 Å². The van der Waals surface area contributed by atoms with Crippen LogP contribution in [0.15, 0.2) is 0 Å². The first-order chi connectivity index (χ1) is 8.34. The molecule has 3 N–H and O–H groups in total. The zero-order valence-electron chi connectivity index (χ0n) is 10.5. The highest BCUT2D eigenvalue weighted by atomic mass is 32.2. The molecule has 0 aromatic heterocycles. The van der Waals surface area contributed by atoms with Crippen LogP contribution in [0.1, 0.15) is 19.8 Å². The van der Waals surface area contributed by atoms with Gasteiger partial charge in [0.1, 0.15) is 0 Å². The molecule has 7 nitrogen and oxygen atoms in total. The Morgan fingerprint density at radius 1 is 1.33 bits per heavy atom. The summed E-state index contributed by atoms with van der Waals surface area (Å²) in [6.45, 7) is 1.60. The zero-order valence-corrected chi connectivity index (χ0v) is 11.3. The molecule has 2 unspecified atom stereocenters. The summed E-state index contributed by atoms with van der Waals surface area (Å²) in [5.41, 5.74) is 0. The van der Waals surface area contributed by atoms with Crippen molar-refractivity contribution in [2.24, 2.45) is 0 Å². The van der Waals surface area contributed by atoms with Crippen LogP contribution in [-0.4, -0.2) is 51.0 Å². The lowest BCUT2D eigenvalue weighted by Crippen LogP contribution is -2.52. The van der Waals surface area contributed by atoms with E-state index in [0.29, 0.717) is 6.42 Å². The van der Waals surface area contributed by atoms with E-state index in [-0.39, 0.29) is 17.5 Å². The third-order valence-electron chi connectivity index (χ3n) is 2.81. The van der Waals surface area contributed by atoms with Crippen molar-refractivity contribution in [2.75, 3.05) is 18.6 Å².